The Balaban J connectivity index is 1.36. The van der Waals surface area contributed by atoms with Crippen molar-refractivity contribution in [1.82, 2.24) is 0 Å². The normalized spacial score (nSPS) is 42.4. The van der Waals surface area contributed by atoms with Crippen LogP contribution in [0.2, 0.25) is 0 Å². The SMILES string of the molecule is C[C@H](CS(=O)(=O)c1ccccc1)[C@H]1CCC2C3CC=C4C[C@@H](O)CC[C@]4(C)C3CC[C@@]21C. The van der Waals surface area contributed by atoms with Crippen LogP contribution < -0.4 is 0 Å². The minimum Gasteiger partial charge on any atom is -0.393 e. The fourth-order valence-corrected chi connectivity index (χ4v) is 10.5. The fourth-order valence-electron chi connectivity index (χ4n) is 8.80. The Bertz CT molecular complexity index is 983. The molecule has 0 saturated heterocycles. The van der Waals surface area contributed by atoms with Crippen molar-refractivity contribution < 1.29 is 13.5 Å². The summed E-state index contributed by atoms with van der Waals surface area (Å²) in [4.78, 5) is 0.465. The summed E-state index contributed by atoms with van der Waals surface area (Å²) in [6, 6.07) is 8.99. The maximum atomic E-state index is 13.1. The minimum absolute atomic E-state index is 0.150. The molecule has 3 fully saturated rings. The van der Waals surface area contributed by atoms with E-state index in [1.807, 2.05) is 18.2 Å². The molecule has 4 aliphatic rings. The minimum atomic E-state index is -3.25. The predicted octanol–water partition coefficient (Wildman–Crippen LogP) is 6.04. The van der Waals surface area contributed by atoms with Gasteiger partial charge in [-0.1, -0.05) is 50.6 Å². The predicted molar refractivity (Wildman–Crippen MR) is 129 cm³/mol. The highest BCUT2D eigenvalue weighted by Crippen LogP contribution is 2.67. The van der Waals surface area contributed by atoms with Crippen molar-refractivity contribution in [3.05, 3.63) is 42.0 Å². The van der Waals surface area contributed by atoms with Gasteiger partial charge in [0, 0.05) is 0 Å². The largest absolute Gasteiger partial charge is 0.393 e. The van der Waals surface area contributed by atoms with Gasteiger partial charge in [-0.25, -0.2) is 8.42 Å². The van der Waals surface area contributed by atoms with Gasteiger partial charge >= 0.3 is 0 Å². The highest BCUT2D eigenvalue weighted by Gasteiger charge is 2.59. The number of sulfone groups is 1. The summed E-state index contributed by atoms with van der Waals surface area (Å²) in [5.41, 5.74) is 2.05. The molecule has 3 unspecified atom stereocenters. The molecule has 0 aromatic heterocycles. The molecule has 0 radical (unpaired) electrons. The first-order valence-corrected chi connectivity index (χ1v) is 14.5. The van der Waals surface area contributed by atoms with Crippen LogP contribution in [-0.4, -0.2) is 25.4 Å². The van der Waals surface area contributed by atoms with Gasteiger partial charge in [0.15, 0.2) is 9.84 Å². The molecular weight excluding hydrogens is 416 g/mol. The van der Waals surface area contributed by atoms with Gasteiger partial charge in [0.1, 0.15) is 0 Å². The van der Waals surface area contributed by atoms with Gasteiger partial charge in [-0.15, -0.1) is 0 Å². The smallest absolute Gasteiger partial charge is 0.178 e. The number of fused-ring (bicyclic) bond motifs is 5. The van der Waals surface area contributed by atoms with Crippen molar-refractivity contribution in [3.63, 3.8) is 0 Å². The van der Waals surface area contributed by atoms with Crippen molar-refractivity contribution >= 4 is 9.84 Å². The molecule has 0 spiro atoms. The van der Waals surface area contributed by atoms with E-state index >= 15 is 0 Å². The standard InChI is InChI=1S/C28H40O3S/c1-19(18-32(30,31)22-7-5-4-6-8-22)24-11-12-25-23-10-9-20-17-21(29)13-15-27(20,2)26(23)14-16-28(24,25)3/h4-9,19,21,23-26,29H,10-18H2,1-3H3/t19-,21+,23?,24-,25?,26?,27+,28-/m1/s1. The number of hydrogen-bond acceptors (Lipinski definition) is 3. The van der Waals surface area contributed by atoms with Gasteiger partial charge in [-0.2, -0.15) is 0 Å². The Kier molecular flexibility index (Phi) is 5.65. The average Bonchev–Trinajstić information content (AvgIpc) is 3.12. The number of aliphatic hydroxyl groups excluding tert-OH is 1. The second-order valence-electron chi connectivity index (χ2n) is 12.0. The van der Waals surface area contributed by atoms with Crippen molar-refractivity contribution in [2.45, 2.75) is 83.1 Å². The lowest BCUT2D eigenvalue weighted by Crippen LogP contribution is -2.51. The van der Waals surface area contributed by atoms with Crippen LogP contribution in [0.3, 0.4) is 0 Å². The first-order valence-electron chi connectivity index (χ1n) is 12.8. The maximum Gasteiger partial charge on any atom is 0.178 e. The van der Waals surface area contributed by atoms with Crippen LogP contribution in [-0.2, 0) is 9.84 Å². The van der Waals surface area contributed by atoms with Crippen LogP contribution in [0.5, 0.6) is 0 Å². The maximum absolute atomic E-state index is 13.1. The van der Waals surface area contributed by atoms with E-state index in [9.17, 15) is 13.5 Å². The van der Waals surface area contributed by atoms with E-state index in [0.29, 0.717) is 16.7 Å². The van der Waals surface area contributed by atoms with Gasteiger partial charge in [-0.05, 0) is 104 Å². The van der Waals surface area contributed by atoms with Crippen LogP contribution in [0, 0.1) is 40.4 Å². The second-order valence-corrected chi connectivity index (χ2v) is 14.0. The first kappa shape index (κ1) is 22.7. The van der Waals surface area contributed by atoms with E-state index in [-0.39, 0.29) is 28.6 Å². The zero-order valence-electron chi connectivity index (χ0n) is 20.0. The van der Waals surface area contributed by atoms with Gasteiger partial charge < -0.3 is 5.11 Å². The molecule has 0 bridgehead atoms. The van der Waals surface area contributed by atoms with Crippen LogP contribution in [0.1, 0.15) is 72.1 Å². The van der Waals surface area contributed by atoms with Crippen LogP contribution in [0.25, 0.3) is 0 Å². The summed E-state index contributed by atoms with van der Waals surface area (Å²) in [5, 5.41) is 10.2. The second kappa shape index (κ2) is 7.98. The third-order valence-corrected chi connectivity index (χ3v) is 12.4. The van der Waals surface area contributed by atoms with Gasteiger partial charge in [0.05, 0.1) is 16.8 Å². The fraction of sp³-hybridized carbons (Fsp3) is 0.714. The lowest BCUT2D eigenvalue weighted by atomic mass is 9.47. The van der Waals surface area contributed by atoms with E-state index in [1.54, 1.807) is 12.1 Å². The molecule has 1 aromatic rings. The highest BCUT2D eigenvalue weighted by molar-refractivity contribution is 7.91. The Morgan fingerprint density at radius 1 is 1.03 bits per heavy atom. The van der Waals surface area contributed by atoms with Crippen molar-refractivity contribution in [1.29, 1.82) is 0 Å². The zero-order valence-corrected chi connectivity index (χ0v) is 20.8. The number of hydrogen-bond donors (Lipinski definition) is 1. The summed E-state index contributed by atoms with van der Waals surface area (Å²) in [6.45, 7) is 7.16. The molecule has 0 amide bonds. The van der Waals surface area contributed by atoms with Gasteiger partial charge in [0.25, 0.3) is 0 Å². The summed E-state index contributed by atoms with van der Waals surface area (Å²) in [7, 11) is -3.25. The highest BCUT2D eigenvalue weighted by atomic mass is 32.2. The van der Waals surface area contributed by atoms with Gasteiger partial charge in [-0.3, -0.25) is 0 Å². The van der Waals surface area contributed by atoms with E-state index in [0.717, 1.165) is 37.5 Å². The molecular formula is C28H40O3S. The summed E-state index contributed by atoms with van der Waals surface area (Å²) >= 11 is 0. The molecule has 4 aliphatic carbocycles. The topological polar surface area (TPSA) is 54.4 Å². The molecule has 8 atom stereocenters. The lowest BCUT2D eigenvalue weighted by molar-refractivity contribution is -0.0554. The Hall–Kier alpha value is -1.13. The summed E-state index contributed by atoms with van der Waals surface area (Å²) in [5.74, 6) is 3.09. The summed E-state index contributed by atoms with van der Waals surface area (Å²) < 4.78 is 26.2. The third kappa shape index (κ3) is 3.52. The molecule has 5 rings (SSSR count). The molecule has 3 nitrogen and oxygen atoms in total. The van der Waals surface area contributed by atoms with Crippen molar-refractivity contribution in [2.24, 2.45) is 40.4 Å². The molecule has 4 heteroatoms. The molecule has 1 N–H and O–H groups in total. The monoisotopic (exact) mass is 456 g/mol. The van der Waals surface area contributed by atoms with E-state index in [1.165, 1.54) is 31.3 Å². The van der Waals surface area contributed by atoms with Crippen LogP contribution >= 0.6 is 0 Å². The molecule has 32 heavy (non-hydrogen) atoms. The molecule has 0 heterocycles. The molecule has 3 saturated carbocycles. The van der Waals surface area contributed by atoms with Crippen molar-refractivity contribution in [2.75, 3.05) is 5.75 Å². The number of aliphatic hydroxyl groups is 1. The van der Waals surface area contributed by atoms with Gasteiger partial charge in [0.2, 0.25) is 0 Å². The third-order valence-electron chi connectivity index (χ3n) is 10.4. The lowest BCUT2D eigenvalue weighted by Gasteiger charge is -2.58. The number of allylic oxidation sites excluding steroid dienone is 1. The number of rotatable bonds is 4. The quantitative estimate of drug-likeness (QED) is 0.562. The van der Waals surface area contributed by atoms with E-state index in [2.05, 4.69) is 26.8 Å². The average molecular weight is 457 g/mol. The molecule has 1 aromatic carbocycles. The molecule has 0 aliphatic heterocycles. The van der Waals surface area contributed by atoms with Crippen molar-refractivity contribution in [3.8, 4) is 0 Å². The Labute approximate surface area is 194 Å². The first-order chi connectivity index (χ1) is 15.1. The molecule has 176 valence electrons. The Morgan fingerprint density at radius 3 is 2.53 bits per heavy atom. The summed E-state index contributed by atoms with van der Waals surface area (Å²) in [6.07, 6.45) is 11.3. The van der Waals surface area contributed by atoms with E-state index in [4.69, 9.17) is 0 Å². The van der Waals surface area contributed by atoms with Crippen LogP contribution in [0.4, 0.5) is 0 Å². The Morgan fingerprint density at radius 2 is 1.78 bits per heavy atom. The number of benzene rings is 1. The van der Waals surface area contributed by atoms with E-state index < -0.39 is 9.84 Å². The zero-order chi connectivity index (χ0) is 22.7. The van der Waals surface area contributed by atoms with Crippen LogP contribution in [0.15, 0.2) is 46.9 Å².